The first-order valence-corrected chi connectivity index (χ1v) is 15.6. The highest BCUT2D eigenvalue weighted by Gasteiger charge is 2.36. The zero-order valence-corrected chi connectivity index (χ0v) is 27.2. The van der Waals surface area contributed by atoms with E-state index in [9.17, 15) is 14.4 Å². The number of thiazole rings is 1. The lowest BCUT2D eigenvalue weighted by molar-refractivity contribution is -0.139. The Morgan fingerprint density at radius 2 is 1.72 bits per heavy atom. The fourth-order valence-corrected chi connectivity index (χ4v) is 7.17. The van der Waals surface area contributed by atoms with Gasteiger partial charge in [-0.2, -0.15) is 0 Å². The molecule has 1 aliphatic heterocycles. The largest absolute Gasteiger partial charge is 0.496 e. The number of allylic oxidation sites excluding steroid dienone is 1. The number of aromatic nitrogens is 2. The molecule has 5 aromatic rings. The van der Waals surface area contributed by atoms with Gasteiger partial charge in [-0.15, -0.1) is 0 Å². The Morgan fingerprint density at radius 3 is 2.41 bits per heavy atom. The predicted molar refractivity (Wildman–Crippen MR) is 177 cm³/mol. The van der Waals surface area contributed by atoms with Crippen LogP contribution >= 0.6 is 11.3 Å². The van der Waals surface area contributed by atoms with Gasteiger partial charge in [0, 0.05) is 22.6 Å². The minimum Gasteiger partial charge on any atom is -0.496 e. The molecule has 234 valence electrons. The van der Waals surface area contributed by atoms with Crippen molar-refractivity contribution < 1.29 is 23.8 Å². The molecule has 0 aliphatic carbocycles. The zero-order chi connectivity index (χ0) is 32.7. The van der Waals surface area contributed by atoms with Gasteiger partial charge in [-0.25, -0.2) is 14.6 Å². The van der Waals surface area contributed by atoms with Crippen LogP contribution < -0.4 is 19.6 Å². The second kappa shape index (κ2) is 12.3. The van der Waals surface area contributed by atoms with E-state index in [0.717, 1.165) is 33.4 Å². The van der Waals surface area contributed by atoms with E-state index in [4.69, 9.17) is 19.2 Å². The number of esters is 2. The summed E-state index contributed by atoms with van der Waals surface area (Å²) in [6.07, 6.45) is 1.87. The first kappa shape index (κ1) is 30.8. The van der Waals surface area contributed by atoms with Crippen LogP contribution in [-0.2, 0) is 14.3 Å². The number of aryl methyl sites for hydroxylation is 1. The molecule has 1 atom stereocenters. The van der Waals surface area contributed by atoms with Crippen LogP contribution in [-0.4, -0.2) is 41.9 Å². The predicted octanol–water partition coefficient (Wildman–Crippen LogP) is 5.15. The van der Waals surface area contributed by atoms with Crippen molar-refractivity contribution in [3.8, 4) is 11.4 Å². The molecule has 1 aliphatic rings. The van der Waals surface area contributed by atoms with Crippen LogP contribution in [0.15, 0.2) is 87.8 Å². The lowest BCUT2D eigenvalue weighted by atomic mass is 9.90. The molecule has 6 rings (SSSR count). The summed E-state index contributed by atoms with van der Waals surface area (Å²) in [4.78, 5) is 45.1. The summed E-state index contributed by atoms with van der Waals surface area (Å²) in [6, 6.07) is 20.0. The third kappa shape index (κ3) is 5.14. The second-order valence-corrected chi connectivity index (χ2v) is 11.9. The maximum atomic E-state index is 14.4. The van der Waals surface area contributed by atoms with Crippen molar-refractivity contribution in [2.24, 2.45) is 4.99 Å². The number of ether oxygens (including phenoxy) is 3. The minimum absolute atomic E-state index is 0.181. The topological polar surface area (TPSA) is 101 Å². The van der Waals surface area contributed by atoms with Crippen molar-refractivity contribution >= 4 is 40.1 Å². The number of nitrogens with zero attached hydrogens (tertiary/aromatic N) is 3. The Labute approximate surface area is 269 Å². The van der Waals surface area contributed by atoms with Crippen LogP contribution in [0.25, 0.3) is 22.5 Å². The maximum Gasteiger partial charge on any atom is 0.338 e. The second-order valence-electron chi connectivity index (χ2n) is 10.9. The molecule has 0 radical (unpaired) electrons. The van der Waals surface area contributed by atoms with Crippen molar-refractivity contribution in [2.45, 2.75) is 33.7 Å². The molecule has 0 N–H and O–H groups in total. The van der Waals surface area contributed by atoms with Gasteiger partial charge in [0.25, 0.3) is 5.56 Å². The number of hydrogen-bond donors (Lipinski definition) is 0. The number of carbonyl (C=O) groups excluding carboxylic acids is 2. The van der Waals surface area contributed by atoms with E-state index >= 15 is 0 Å². The van der Waals surface area contributed by atoms with Crippen LogP contribution in [0.3, 0.4) is 0 Å². The lowest BCUT2D eigenvalue weighted by Gasteiger charge is -2.27. The van der Waals surface area contributed by atoms with Crippen molar-refractivity contribution in [3.05, 3.63) is 126 Å². The van der Waals surface area contributed by atoms with Gasteiger partial charge in [0.15, 0.2) is 4.80 Å². The Bertz CT molecular complexity index is 2240. The molecule has 3 heterocycles. The standard InChI is InChI=1S/C36H33N3O6S/c1-7-45-35(42)30-21(3)37-36-39(32(30)31-27-11-9-8-10-23(27)14-17-28(31)43-5)33(40)29(46-36)19-25-18-20(2)38(22(25)4)26-15-12-24(13-16-26)34(41)44-6/h8-19,32H,7H2,1-6H3/b29-19+/t32-/m1/s1. The average Bonchev–Trinajstić information content (AvgIpc) is 3.52. The molecule has 46 heavy (non-hydrogen) atoms. The van der Waals surface area contributed by atoms with Gasteiger partial charge in [0.1, 0.15) is 11.8 Å². The maximum absolute atomic E-state index is 14.4. The fraction of sp³-hybridized carbons (Fsp3) is 0.222. The fourth-order valence-electron chi connectivity index (χ4n) is 6.14. The number of benzene rings is 3. The van der Waals surface area contributed by atoms with Gasteiger partial charge in [-0.05, 0) is 86.5 Å². The zero-order valence-electron chi connectivity index (χ0n) is 26.4. The quantitative estimate of drug-likeness (QED) is 0.229. The van der Waals surface area contributed by atoms with Crippen LogP contribution in [0.4, 0.5) is 0 Å². The molecule has 3 aromatic carbocycles. The van der Waals surface area contributed by atoms with Gasteiger partial charge in [0.2, 0.25) is 0 Å². The highest BCUT2D eigenvalue weighted by Crippen LogP contribution is 2.40. The van der Waals surface area contributed by atoms with Crippen molar-refractivity contribution in [1.29, 1.82) is 0 Å². The summed E-state index contributed by atoms with van der Waals surface area (Å²) in [5, 5.41) is 1.81. The number of methoxy groups -OCH3 is 2. The average molecular weight is 636 g/mol. The lowest BCUT2D eigenvalue weighted by Crippen LogP contribution is -2.40. The Hall–Kier alpha value is -5.22. The molecule has 0 saturated heterocycles. The van der Waals surface area contributed by atoms with E-state index in [1.807, 2.05) is 74.5 Å². The molecule has 10 heteroatoms. The molecule has 0 unspecified atom stereocenters. The first-order chi connectivity index (χ1) is 22.2. The van der Waals surface area contributed by atoms with Crippen LogP contribution in [0, 0.1) is 13.8 Å². The number of fused-ring (bicyclic) bond motifs is 2. The summed E-state index contributed by atoms with van der Waals surface area (Å²) in [5.74, 6) is -0.374. The Balaban J connectivity index is 1.55. The summed E-state index contributed by atoms with van der Waals surface area (Å²) in [6.45, 7) is 7.67. The van der Waals surface area contributed by atoms with E-state index in [1.54, 1.807) is 37.7 Å². The van der Waals surface area contributed by atoms with E-state index in [0.29, 0.717) is 37.5 Å². The van der Waals surface area contributed by atoms with Gasteiger partial charge in [0.05, 0.1) is 42.2 Å². The van der Waals surface area contributed by atoms with Crippen molar-refractivity contribution in [1.82, 2.24) is 9.13 Å². The highest BCUT2D eigenvalue weighted by atomic mass is 32.1. The molecule has 2 aromatic heterocycles. The van der Waals surface area contributed by atoms with Crippen LogP contribution in [0.1, 0.15) is 52.8 Å². The molecule has 0 spiro atoms. The SMILES string of the molecule is CCOC(=O)C1=C(C)N=c2s/c(=C/c3cc(C)n(-c4ccc(C(=O)OC)cc4)c3C)c(=O)n2[C@H]1c1c(OC)ccc2ccccc12. The van der Waals surface area contributed by atoms with E-state index in [-0.39, 0.29) is 12.2 Å². The van der Waals surface area contributed by atoms with Crippen LogP contribution in [0.5, 0.6) is 5.75 Å². The normalized spacial score (nSPS) is 14.7. The van der Waals surface area contributed by atoms with E-state index in [2.05, 4.69) is 4.57 Å². The molecule has 0 bridgehead atoms. The molecule has 0 saturated carbocycles. The van der Waals surface area contributed by atoms with Gasteiger partial charge in [-0.3, -0.25) is 9.36 Å². The Kier molecular flexibility index (Phi) is 8.22. The number of rotatable bonds is 7. The van der Waals surface area contributed by atoms with Crippen molar-refractivity contribution in [3.63, 3.8) is 0 Å². The molecule has 0 fully saturated rings. The van der Waals surface area contributed by atoms with E-state index in [1.165, 1.54) is 18.4 Å². The minimum atomic E-state index is -0.820. The van der Waals surface area contributed by atoms with Crippen molar-refractivity contribution in [2.75, 3.05) is 20.8 Å². The van der Waals surface area contributed by atoms with Gasteiger partial charge in [-0.1, -0.05) is 41.7 Å². The summed E-state index contributed by atoms with van der Waals surface area (Å²) >= 11 is 1.27. The third-order valence-electron chi connectivity index (χ3n) is 8.24. The number of hydrogen-bond acceptors (Lipinski definition) is 8. The Morgan fingerprint density at radius 1 is 0.978 bits per heavy atom. The van der Waals surface area contributed by atoms with E-state index < -0.39 is 18.0 Å². The molecule has 9 nitrogen and oxygen atoms in total. The van der Waals surface area contributed by atoms with Gasteiger partial charge >= 0.3 is 11.9 Å². The summed E-state index contributed by atoms with van der Waals surface area (Å²) < 4.78 is 20.3. The highest BCUT2D eigenvalue weighted by molar-refractivity contribution is 7.07. The molecule has 0 amide bonds. The van der Waals surface area contributed by atoms with Crippen LogP contribution in [0.2, 0.25) is 0 Å². The first-order valence-electron chi connectivity index (χ1n) is 14.8. The molecular weight excluding hydrogens is 602 g/mol. The van der Waals surface area contributed by atoms with Gasteiger partial charge < -0.3 is 18.8 Å². The molecular formula is C36H33N3O6S. The smallest absolute Gasteiger partial charge is 0.338 e. The number of carbonyl (C=O) groups is 2. The summed E-state index contributed by atoms with van der Waals surface area (Å²) in [7, 11) is 2.93. The monoisotopic (exact) mass is 635 g/mol. The third-order valence-corrected chi connectivity index (χ3v) is 9.23. The summed E-state index contributed by atoms with van der Waals surface area (Å²) in [5.41, 5.74) is 5.28.